The van der Waals surface area contributed by atoms with E-state index in [0.717, 1.165) is 28.0 Å². The van der Waals surface area contributed by atoms with E-state index in [1.54, 1.807) is 11.0 Å². The quantitative estimate of drug-likeness (QED) is 0.623. The van der Waals surface area contributed by atoms with Gasteiger partial charge in [0.25, 0.3) is 0 Å². The van der Waals surface area contributed by atoms with Gasteiger partial charge < -0.3 is 14.8 Å². The van der Waals surface area contributed by atoms with Crippen LogP contribution in [-0.4, -0.2) is 29.7 Å². The van der Waals surface area contributed by atoms with Crippen LogP contribution in [0.3, 0.4) is 0 Å². The molecule has 2 heterocycles. The van der Waals surface area contributed by atoms with E-state index in [-0.39, 0.29) is 6.09 Å². The van der Waals surface area contributed by atoms with E-state index in [1.165, 1.54) is 6.20 Å². The maximum Gasteiger partial charge on any atom is 0.410 e. The van der Waals surface area contributed by atoms with Crippen LogP contribution in [0, 0.1) is 5.21 Å². The lowest BCUT2D eigenvalue weighted by molar-refractivity contribution is -0.614. The Kier molecular flexibility index (Phi) is 4.74. The third kappa shape index (κ3) is 3.78. The second-order valence-corrected chi connectivity index (χ2v) is 6.45. The number of ether oxygens (including phenoxy) is 1. The van der Waals surface area contributed by atoms with E-state index >= 15 is 0 Å². The highest BCUT2D eigenvalue weighted by Crippen LogP contribution is 2.25. The Hall–Kier alpha value is -2.04. The molecule has 0 unspecified atom stereocenters. The van der Waals surface area contributed by atoms with Crippen molar-refractivity contribution in [3.05, 3.63) is 40.9 Å². The zero-order valence-corrected chi connectivity index (χ0v) is 13.8. The molecular weight excluding hydrogens is 280 g/mol. The molecule has 0 saturated heterocycles. The fraction of sp³-hybridized carbons (Fsp3) is 0.529. The van der Waals surface area contributed by atoms with Crippen molar-refractivity contribution >= 4 is 11.7 Å². The number of pyridine rings is 1. The van der Waals surface area contributed by atoms with Crippen LogP contribution in [0.15, 0.2) is 24.4 Å². The third-order valence-corrected chi connectivity index (χ3v) is 3.60. The summed E-state index contributed by atoms with van der Waals surface area (Å²) in [6.45, 7) is 8.68. The van der Waals surface area contributed by atoms with Crippen LogP contribution in [0.2, 0.25) is 0 Å². The molecule has 0 bridgehead atoms. The van der Waals surface area contributed by atoms with Gasteiger partial charge in [-0.1, -0.05) is 13.0 Å². The van der Waals surface area contributed by atoms with Crippen molar-refractivity contribution in [3.63, 3.8) is 0 Å². The van der Waals surface area contributed by atoms with Gasteiger partial charge in [-0.2, -0.15) is 4.73 Å². The molecule has 5 nitrogen and oxygen atoms in total. The van der Waals surface area contributed by atoms with Gasteiger partial charge in [0.05, 0.1) is 0 Å². The zero-order chi connectivity index (χ0) is 16.3. The first-order valence-corrected chi connectivity index (χ1v) is 7.70. The standard InChI is InChI=1S/C17H24N2O3/c1-5-15-14(7-6-10-19(15)21)13-8-11-18(12-9-13)16(20)22-17(2,3)4/h6-8,10H,5,9,11-12H2,1-4H3. The number of carbonyl (C=O) groups is 1. The van der Waals surface area contributed by atoms with Crippen molar-refractivity contribution in [3.8, 4) is 0 Å². The first kappa shape index (κ1) is 16.3. The number of hydrogen-bond acceptors (Lipinski definition) is 3. The van der Waals surface area contributed by atoms with Gasteiger partial charge in [-0.3, -0.25) is 0 Å². The molecule has 0 fully saturated rings. The molecule has 1 aliphatic heterocycles. The van der Waals surface area contributed by atoms with E-state index in [2.05, 4.69) is 0 Å². The highest BCUT2D eigenvalue weighted by molar-refractivity contribution is 5.73. The molecule has 5 heteroatoms. The summed E-state index contributed by atoms with van der Waals surface area (Å²) in [5.41, 5.74) is 2.41. The lowest BCUT2D eigenvalue weighted by Crippen LogP contribution is -2.39. The molecule has 1 aliphatic rings. The van der Waals surface area contributed by atoms with Crippen LogP contribution < -0.4 is 4.73 Å². The molecule has 0 atom stereocenters. The molecule has 1 amide bonds. The number of rotatable bonds is 2. The van der Waals surface area contributed by atoms with Gasteiger partial charge in [-0.25, -0.2) is 4.79 Å². The molecular formula is C17H24N2O3. The molecule has 0 N–H and O–H groups in total. The molecule has 1 aromatic rings. The summed E-state index contributed by atoms with van der Waals surface area (Å²) in [5, 5.41) is 11.8. The van der Waals surface area contributed by atoms with E-state index in [4.69, 9.17) is 4.74 Å². The minimum atomic E-state index is -0.482. The largest absolute Gasteiger partial charge is 0.618 e. The van der Waals surface area contributed by atoms with Crippen molar-refractivity contribution in [2.75, 3.05) is 13.1 Å². The van der Waals surface area contributed by atoms with E-state index in [9.17, 15) is 10.0 Å². The first-order chi connectivity index (χ1) is 10.3. The van der Waals surface area contributed by atoms with Gasteiger partial charge in [-0.05, 0) is 38.8 Å². The van der Waals surface area contributed by atoms with Crippen molar-refractivity contribution in [1.82, 2.24) is 4.90 Å². The minimum Gasteiger partial charge on any atom is -0.618 e. The Balaban J connectivity index is 2.12. The average molecular weight is 304 g/mol. The number of amides is 1. The van der Waals surface area contributed by atoms with Crippen molar-refractivity contribution in [1.29, 1.82) is 0 Å². The van der Waals surface area contributed by atoms with Crippen molar-refractivity contribution in [2.24, 2.45) is 0 Å². The SMILES string of the molecule is CCc1c(C2=CCN(C(=O)OC(C)(C)C)CC2)ccc[n+]1[O-]. The zero-order valence-electron chi connectivity index (χ0n) is 13.8. The molecule has 1 aromatic heterocycles. The normalized spacial score (nSPS) is 15.5. The highest BCUT2D eigenvalue weighted by Gasteiger charge is 2.25. The first-order valence-electron chi connectivity index (χ1n) is 7.70. The number of carbonyl (C=O) groups excluding carboxylic acids is 1. The monoisotopic (exact) mass is 304 g/mol. The van der Waals surface area contributed by atoms with Crippen molar-refractivity contribution < 1.29 is 14.3 Å². The van der Waals surface area contributed by atoms with Gasteiger partial charge in [0.1, 0.15) is 5.60 Å². The summed E-state index contributed by atoms with van der Waals surface area (Å²) >= 11 is 0. The van der Waals surface area contributed by atoms with Crippen LogP contribution in [0.5, 0.6) is 0 Å². The van der Waals surface area contributed by atoms with Crippen LogP contribution in [0.25, 0.3) is 5.57 Å². The highest BCUT2D eigenvalue weighted by atomic mass is 16.6. The minimum absolute atomic E-state index is 0.287. The number of aromatic nitrogens is 1. The molecule has 120 valence electrons. The molecule has 0 saturated carbocycles. The van der Waals surface area contributed by atoms with E-state index in [0.29, 0.717) is 19.5 Å². The summed E-state index contributed by atoms with van der Waals surface area (Å²) < 4.78 is 6.31. The summed E-state index contributed by atoms with van der Waals surface area (Å²) in [7, 11) is 0. The predicted octanol–water partition coefficient (Wildman–Crippen LogP) is 2.91. The smallest absolute Gasteiger partial charge is 0.410 e. The summed E-state index contributed by atoms with van der Waals surface area (Å²) in [4.78, 5) is 13.7. The third-order valence-electron chi connectivity index (χ3n) is 3.60. The fourth-order valence-corrected chi connectivity index (χ4v) is 2.57. The van der Waals surface area contributed by atoms with Crippen LogP contribution in [0.4, 0.5) is 4.79 Å². The van der Waals surface area contributed by atoms with Gasteiger partial charge in [0, 0.05) is 31.1 Å². The summed E-state index contributed by atoms with van der Waals surface area (Å²) in [6, 6.07) is 3.74. The average Bonchev–Trinajstić information content (AvgIpc) is 2.45. The predicted molar refractivity (Wildman–Crippen MR) is 85.2 cm³/mol. The second kappa shape index (κ2) is 6.38. The van der Waals surface area contributed by atoms with Crippen molar-refractivity contribution in [2.45, 2.75) is 46.1 Å². The lowest BCUT2D eigenvalue weighted by atomic mass is 9.97. The second-order valence-electron chi connectivity index (χ2n) is 6.45. The molecule has 0 radical (unpaired) electrons. The Morgan fingerprint density at radius 1 is 1.45 bits per heavy atom. The number of hydrogen-bond donors (Lipinski definition) is 0. The van der Waals surface area contributed by atoms with Crippen LogP contribution in [-0.2, 0) is 11.2 Å². The maximum atomic E-state index is 12.1. The van der Waals surface area contributed by atoms with Gasteiger partial charge in [-0.15, -0.1) is 0 Å². The topological polar surface area (TPSA) is 56.5 Å². The van der Waals surface area contributed by atoms with Crippen LogP contribution in [0.1, 0.15) is 45.4 Å². The fourth-order valence-electron chi connectivity index (χ4n) is 2.57. The Labute approximate surface area is 131 Å². The molecule has 0 aromatic carbocycles. The summed E-state index contributed by atoms with van der Waals surface area (Å²) in [6.07, 6.45) is 4.68. The van der Waals surface area contributed by atoms with Gasteiger partial charge in [0.2, 0.25) is 0 Å². The lowest BCUT2D eigenvalue weighted by Gasteiger charge is -2.29. The maximum absolute atomic E-state index is 12.1. The molecule has 0 spiro atoms. The van der Waals surface area contributed by atoms with Crippen LogP contribution >= 0.6 is 0 Å². The summed E-state index contributed by atoms with van der Waals surface area (Å²) in [5.74, 6) is 0. The number of nitrogens with zero attached hydrogens (tertiary/aromatic N) is 2. The Morgan fingerprint density at radius 2 is 2.18 bits per heavy atom. The van der Waals surface area contributed by atoms with Gasteiger partial charge in [0.15, 0.2) is 11.9 Å². The molecule has 22 heavy (non-hydrogen) atoms. The Bertz CT molecular complexity index is 588. The molecule has 0 aliphatic carbocycles. The molecule has 2 rings (SSSR count). The Morgan fingerprint density at radius 3 is 2.73 bits per heavy atom. The van der Waals surface area contributed by atoms with E-state index < -0.39 is 5.60 Å². The van der Waals surface area contributed by atoms with Gasteiger partial charge >= 0.3 is 6.09 Å². The van der Waals surface area contributed by atoms with E-state index in [1.807, 2.05) is 39.8 Å².